The van der Waals surface area contributed by atoms with Gasteiger partial charge in [0.15, 0.2) is 0 Å². The van der Waals surface area contributed by atoms with Crippen LogP contribution in [-0.2, 0) is 5.75 Å². The lowest BCUT2D eigenvalue weighted by molar-refractivity contribution is -0.255. The number of fused-ring (bicyclic) bond motifs is 1. The smallest absolute Gasteiger partial charge is 0.214 e. The van der Waals surface area contributed by atoms with Crippen LogP contribution in [0, 0.1) is 6.92 Å². The summed E-state index contributed by atoms with van der Waals surface area (Å²) in [7, 11) is 0. The lowest BCUT2D eigenvalue weighted by Gasteiger charge is -2.10. The van der Waals surface area contributed by atoms with Crippen LogP contribution < -0.4 is 5.11 Å². The molecule has 0 aliphatic carbocycles. The van der Waals surface area contributed by atoms with Crippen molar-refractivity contribution >= 4 is 28.5 Å². The summed E-state index contributed by atoms with van der Waals surface area (Å²) in [5.74, 6) is -0.482. The van der Waals surface area contributed by atoms with Gasteiger partial charge in [-0.15, -0.1) is 5.10 Å². The van der Waals surface area contributed by atoms with Gasteiger partial charge >= 0.3 is 0 Å². The monoisotopic (exact) mass is 375 g/mol. The molecule has 1 aromatic heterocycles. The van der Waals surface area contributed by atoms with Gasteiger partial charge in [-0.1, -0.05) is 60.3 Å². The number of aryl methyl sites for hydroxylation is 1. The second-order valence-electron chi connectivity index (χ2n) is 6.08. The number of rotatable bonds is 5. The Bertz CT molecular complexity index is 1120. The van der Waals surface area contributed by atoms with Gasteiger partial charge in [0.05, 0.1) is 11.7 Å². The van der Waals surface area contributed by atoms with E-state index in [0.29, 0.717) is 10.8 Å². The minimum atomic E-state index is -1.21. The summed E-state index contributed by atoms with van der Waals surface area (Å²) >= 11 is 1.54. The third-order valence-corrected chi connectivity index (χ3v) is 5.35. The maximum Gasteiger partial charge on any atom is 0.214 e. The maximum absolute atomic E-state index is 10.9. The molecule has 0 saturated heterocycles. The normalized spacial score (nSPS) is 11.0. The van der Waals surface area contributed by atoms with Crippen molar-refractivity contribution in [1.82, 2.24) is 20.2 Å². The Balaban J connectivity index is 1.62. The van der Waals surface area contributed by atoms with E-state index in [4.69, 9.17) is 0 Å². The van der Waals surface area contributed by atoms with Crippen molar-refractivity contribution in [2.45, 2.75) is 17.8 Å². The van der Waals surface area contributed by atoms with Crippen LogP contribution in [-0.4, -0.2) is 26.2 Å². The lowest BCUT2D eigenvalue weighted by Crippen LogP contribution is -2.22. The molecule has 27 heavy (non-hydrogen) atoms. The summed E-state index contributed by atoms with van der Waals surface area (Å²) in [6.07, 6.45) is 0. The van der Waals surface area contributed by atoms with Gasteiger partial charge < -0.3 is 9.90 Å². The number of nitrogens with zero attached hydrogens (tertiary/aromatic N) is 4. The van der Waals surface area contributed by atoms with E-state index in [-0.39, 0.29) is 5.56 Å². The van der Waals surface area contributed by atoms with Crippen LogP contribution in [0.5, 0.6) is 0 Å². The largest absolute Gasteiger partial charge is 0.545 e. The highest BCUT2D eigenvalue weighted by Gasteiger charge is 2.12. The first-order valence-electron chi connectivity index (χ1n) is 8.33. The summed E-state index contributed by atoms with van der Waals surface area (Å²) < 4.78 is 1.60. The molecule has 0 saturated carbocycles. The first-order valence-corrected chi connectivity index (χ1v) is 9.32. The van der Waals surface area contributed by atoms with Crippen LogP contribution in [0.4, 0.5) is 0 Å². The highest BCUT2D eigenvalue weighted by molar-refractivity contribution is 7.98. The molecule has 0 radical (unpaired) electrons. The van der Waals surface area contributed by atoms with Gasteiger partial charge in [0, 0.05) is 5.75 Å². The van der Waals surface area contributed by atoms with Crippen molar-refractivity contribution < 1.29 is 9.90 Å². The predicted molar refractivity (Wildman–Crippen MR) is 102 cm³/mol. The molecule has 6 nitrogen and oxygen atoms in total. The molecule has 1 heterocycles. The SMILES string of the molecule is Cc1ccc2ccccc2c1CSc1nnnn1-c1ccc(C(=O)[O-])cc1. The molecule has 0 aliphatic rings. The molecule has 0 aliphatic heterocycles. The summed E-state index contributed by atoms with van der Waals surface area (Å²) in [4.78, 5) is 10.9. The summed E-state index contributed by atoms with van der Waals surface area (Å²) in [6.45, 7) is 2.10. The number of hydrogen-bond acceptors (Lipinski definition) is 6. The summed E-state index contributed by atoms with van der Waals surface area (Å²) in [5, 5.41) is 25.9. The highest BCUT2D eigenvalue weighted by Crippen LogP contribution is 2.29. The average molecular weight is 375 g/mol. The summed E-state index contributed by atoms with van der Waals surface area (Å²) in [6, 6.07) is 18.8. The number of thioether (sulfide) groups is 1. The first-order chi connectivity index (χ1) is 13.1. The van der Waals surface area contributed by atoms with E-state index < -0.39 is 5.97 Å². The fourth-order valence-corrected chi connectivity index (χ4v) is 3.96. The lowest BCUT2D eigenvalue weighted by atomic mass is 10.0. The number of carbonyl (C=O) groups excluding carboxylic acids is 1. The highest BCUT2D eigenvalue weighted by atomic mass is 32.2. The molecule has 3 aromatic carbocycles. The fraction of sp³-hybridized carbons (Fsp3) is 0.100. The number of aromatic nitrogens is 4. The third-order valence-electron chi connectivity index (χ3n) is 4.41. The molecule has 0 N–H and O–H groups in total. The Hall–Kier alpha value is -3.19. The van der Waals surface area contributed by atoms with Crippen LogP contribution in [0.3, 0.4) is 0 Å². The Morgan fingerprint density at radius 1 is 1.07 bits per heavy atom. The number of carboxylic acid groups (broad SMARTS) is 1. The molecule has 4 rings (SSSR count). The van der Waals surface area contributed by atoms with E-state index >= 15 is 0 Å². The van der Waals surface area contributed by atoms with Crippen LogP contribution >= 0.6 is 11.8 Å². The van der Waals surface area contributed by atoms with Gasteiger partial charge in [0.2, 0.25) is 5.16 Å². The molecule has 134 valence electrons. The molecule has 0 spiro atoms. The fourth-order valence-electron chi connectivity index (χ4n) is 2.94. The zero-order chi connectivity index (χ0) is 18.8. The van der Waals surface area contributed by atoms with Gasteiger partial charge in [0.1, 0.15) is 0 Å². The first kappa shape index (κ1) is 17.2. The zero-order valence-corrected chi connectivity index (χ0v) is 15.3. The van der Waals surface area contributed by atoms with Gasteiger partial charge in [-0.25, -0.2) is 0 Å². The minimum absolute atomic E-state index is 0.118. The van der Waals surface area contributed by atoms with E-state index in [0.717, 1.165) is 5.75 Å². The topological polar surface area (TPSA) is 83.7 Å². The van der Waals surface area contributed by atoms with Crippen LogP contribution in [0.2, 0.25) is 0 Å². The Labute approximate surface area is 159 Å². The van der Waals surface area contributed by atoms with Crippen molar-refractivity contribution in [2.24, 2.45) is 0 Å². The number of hydrogen-bond donors (Lipinski definition) is 0. The van der Waals surface area contributed by atoms with Crippen LogP contribution in [0.25, 0.3) is 16.5 Å². The van der Waals surface area contributed by atoms with Gasteiger partial charge in [-0.05, 0) is 56.9 Å². The average Bonchev–Trinajstić information content (AvgIpc) is 3.16. The van der Waals surface area contributed by atoms with Crippen molar-refractivity contribution in [2.75, 3.05) is 0 Å². The molecule has 0 atom stereocenters. The standard InChI is InChI=1S/C20H16N4O2S/c1-13-6-7-14-4-2-3-5-17(14)18(13)12-27-20-21-22-23-24(20)16-10-8-15(9-11-16)19(25)26/h2-11H,12H2,1H3,(H,25,26)/p-1. The molecule has 0 bridgehead atoms. The molecule has 7 heteroatoms. The number of carbonyl (C=O) groups is 1. The maximum atomic E-state index is 10.9. The number of aromatic carboxylic acids is 1. The number of carboxylic acids is 1. The molecule has 0 amide bonds. The zero-order valence-electron chi connectivity index (χ0n) is 14.5. The van der Waals surface area contributed by atoms with Crippen molar-refractivity contribution in [3.63, 3.8) is 0 Å². The Kier molecular flexibility index (Phi) is 4.60. The Morgan fingerprint density at radius 2 is 1.85 bits per heavy atom. The van der Waals surface area contributed by atoms with E-state index in [1.165, 1.54) is 45.8 Å². The molecular formula is C20H15N4O2S-. The second-order valence-corrected chi connectivity index (χ2v) is 7.02. The Morgan fingerprint density at radius 3 is 2.63 bits per heavy atom. The number of benzene rings is 3. The van der Waals surface area contributed by atoms with E-state index in [2.05, 4.69) is 46.7 Å². The van der Waals surface area contributed by atoms with Crippen molar-refractivity contribution in [3.8, 4) is 5.69 Å². The quantitative estimate of drug-likeness (QED) is 0.499. The van der Waals surface area contributed by atoms with E-state index in [9.17, 15) is 9.90 Å². The van der Waals surface area contributed by atoms with Gasteiger partial charge in [-0.3, -0.25) is 0 Å². The van der Waals surface area contributed by atoms with Crippen molar-refractivity contribution in [3.05, 3.63) is 77.4 Å². The van der Waals surface area contributed by atoms with E-state index in [1.54, 1.807) is 16.8 Å². The predicted octanol–water partition coefficient (Wildman–Crippen LogP) is 2.78. The summed E-state index contributed by atoms with van der Waals surface area (Å²) in [5.41, 5.74) is 3.29. The third kappa shape index (κ3) is 3.41. The minimum Gasteiger partial charge on any atom is -0.545 e. The molecule has 0 fully saturated rings. The van der Waals surface area contributed by atoms with Crippen LogP contribution in [0.1, 0.15) is 21.5 Å². The molecule has 4 aromatic rings. The van der Waals surface area contributed by atoms with Gasteiger partial charge in [-0.2, -0.15) is 4.68 Å². The van der Waals surface area contributed by atoms with Crippen molar-refractivity contribution in [1.29, 1.82) is 0 Å². The van der Waals surface area contributed by atoms with E-state index in [1.807, 2.05) is 12.1 Å². The molecule has 0 unspecified atom stereocenters. The second kappa shape index (κ2) is 7.20. The molecular weight excluding hydrogens is 360 g/mol. The van der Waals surface area contributed by atoms with Gasteiger partial charge in [0.25, 0.3) is 0 Å². The van der Waals surface area contributed by atoms with Crippen LogP contribution in [0.15, 0.2) is 65.8 Å². The number of tetrazole rings is 1.